The first-order valence-electron chi connectivity index (χ1n) is 8.25. The van der Waals surface area contributed by atoms with Crippen LogP contribution in [0.1, 0.15) is 30.3 Å². The maximum atomic E-state index is 13.0. The van der Waals surface area contributed by atoms with Crippen LogP contribution < -0.4 is 10.1 Å². The van der Waals surface area contributed by atoms with Crippen LogP contribution in [0.4, 0.5) is 4.39 Å². The van der Waals surface area contributed by atoms with Crippen LogP contribution in [-0.4, -0.2) is 35.7 Å². The van der Waals surface area contributed by atoms with Gasteiger partial charge in [0, 0.05) is 24.8 Å². The van der Waals surface area contributed by atoms with Crippen molar-refractivity contribution in [2.24, 2.45) is 0 Å². The molecular formula is C18H20FN3O3. The molecule has 2 heterocycles. The van der Waals surface area contributed by atoms with Crippen LogP contribution in [0.25, 0.3) is 0 Å². The molecular weight excluding hydrogens is 325 g/mol. The predicted molar refractivity (Wildman–Crippen MR) is 88.6 cm³/mol. The van der Waals surface area contributed by atoms with Gasteiger partial charge in [0.05, 0.1) is 18.8 Å². The first-order chi connectivity index (χ1) is 12.2. The van der Waals surface area contributed by atoms with Gasteiger partial charge in [-0.1, -0.05) is 6.07 Å². The molecule has 25 heavy (non-hydrogen) atoms. The van der Waals surface area contributed by atoms with E-state index >= 15 is 0 Å². The average Bonchev–Trinajstić information content (AvgIpc) is 2.66. The van der Waals surface area contributed by atoms with Crippen molar-refractivity contribution < 1.29 is 18.7 Å². The summed E-state index contributed by atoms with van der Waals surface area (Å²) in [7, 11) is 0. The van der Waals surface area contributed by atoms with Gasteiger partial charge in [0.2, 0.25) is 0 Å². The van der Waals surface area contributed by atoms with Crippen LogP contribution in [0.5, 0.6) is 5.75 Å². The van der Waals surface area contributed by atoms with E-state index in [2.05, 4.69) is 15.3 Å². The number of halogens is 1. The number of amides is 1. The van der Waals surface area contributed by atoms with E-state index in [9.17, 15) is 9.18 Å². The van der Waals surface area contributed by atoms with Gasteiger partial charge in [-0.25, -0.2) is 14.4 Å². The molecule has 2 aromatic rings. The molecule has 0 unspecified atom stereocenters. The Hall–Kier alpha value is -2.54. The minimum atomic E-state index is -0.405. The van der Waals surface area contributed by atoms with Crippen LogP contribution >= 0.6 is 0 Å². The molecule has 132 valence electrons. The van der Waals surface area contributed by atoms with Crippen LogP contribution in [0, 0.1) is 5.82 Å². The minimum absolute atomic E-state index is 0.183. The topological polar surface area (TPSA) is 73.3 Å². The lowest BCUT2D eigenvalue weighted by molar-refractivity contribution is -0.123. The van der Waals surface area contributed by atoms with Gasteiger partial charge in [-0.15, -0.1) is 0 Å². The Morgan fingerprint density at radius 1 is 1.40 bits per heavy atom. The summed E-state index contributed by atoms with van der Waals surface area (Å²) in [6.45, 7) is 1.53. The van der Waals surface area contributed by atoms with Gasteiger partial charge in [-0.05, 0) is 31.0 Å². The van der Waals surface area contributed by atoms with Gasteiger partial charge < -0.3 is 14.8 Å². The Kier molecular flexibility index (Phi) is 5.90. The fraction of sp³-hybridized carbons (Fsp3) is 0.389. The van der Waals surface area contributed by atoms with Crippen LogP contribution in [-0.2, 0) is 16.1 Å². The highest BCUT2D eigenvalue weighted by Crippen LogP contribution is 2.22. The molecule has 1 amide bonds. The van der Waals surface area contributed by atoms with E-state index in [1.165, 1.54) is 18.2 Å². The lowest BCUT2D eigenvalue weighted by atomic mass is 10.0. The van der Waals surface area contributed by atoms with Crippen molar-refractivity contribution in [2.45, 2.75) is 25.3 Å². The maximum absolute atomic E-state index is 13.0. The number of hydrogen-bond donors (Lipinski definition) is 1. The number of nitrogens with one attached hydrogen (secondary N) is 1. The van der Waals surface area contributed by atoms with E-state index < -0.39 is 5.82 Å². The van der Waals surface area contributed by atoms with E-state index in [1.54, 1.807) is 18.3 Å². The summed E-state index contributed by atoms with van der Waals surface area (Å²) in [5.41, 5.74) is 0.731. The molecule has 1 aromatic heterocycles. The van der Waals surface area contributed by atoms with Gasteiger partial charge in [0.25, 0.3) is 5.91 Å². The second-order valence-corrected chi connectivity index (χ2v) is 5.84. The molecule has 0 spiro atoms. The largest absolute Gasteiger partial charge is 0.484 e. The lowest BCUT2D eigenvalue weighted by Crippen LogP contribution is -2.29. The van der Waals surface area contributed by atoms with E-state index in [1.807, 2.05) is 0 Å². The quantitative estimate of drug-likeness (QED) is 0.869. The zero-order valence-corrected chi connectivity index (χ0v) is 13.8. The summed E-state index contributed by atoms with van der Waals surface area (Å²) in [6, 6.07) is 7.44. The summed E-state index contributed by atoms with van der Waals surface area (Å²) in [5, 5.41) is 2.73. The van der Waals surface area contributed by atoms with Crippen LogP contribution in [0.2, 0.25) is 0 Å². The van der Waals surface area contributed by atoms with E-state index in [0.29, 0.717) is 12.4 Å². The van der Waals surface area contributed by atoms with E-state index in [4.69, 9.17) is 9.47 Å². The van der Waals surface area contributed by atoms with E-state index in [-0.39, 0.29) is 25.0 Å². The van der Waals surface area contributed by atoms with Crippen molar-refractivity contribution in [2.75, 3.05) is 19.8 Å². The summed E-state index contributed by atoms with van der Waals surface area (Å²) in [6.07, 6.45) is 3.71. The summed E-state index contributed by atoms with van der Waals surface area (Å²) in [4.78, 5) is 20.7. The maximum Gasteiger partial charge on any atom is 0.258 e. The van der Waals surface area contributed by atoms with Gasteiger partial charge in [-0.2, -0.15) is 0 Å². The summed E-state index contributed by atoms with van der Waals surface area (Å²) >= 11 is 0. The number of carbonyl (C=O) groups is 1. The van der Waals surface area contributed by atoms with Gasteiger partial charge in [0.15, 0.2) is 6.61 Å². The average molecular weight is 345 g/mol. The molecule has 1 aliphatic rings. The molecule has 0 radical (unpaired) electrons. The highest BCUT2D eigenvalue weighted by atomic mass is 19.1. The Balaban J connectivity index is 1.48. The Labute approximate surface area is 145 Å². The highest BCUT2D eigenvalue weighted by molar-refractivity contribution is 5.77. The van der Waals surface area contributed by atoms with Crippen molar-refractivity contribution in [3.8, 4) is 5.75 Å². The molecule has 0 bridgehead atoms. The predicted octanol–water partition coefficient (Wildman–Crippen LogP) is 2.20. The number of aromatic nitrogens is 2. The molecule has 0 saturated carbocycles. The number of ether oxygens (including phenoxy) is 2. The zero-order chi connectivity index (χ0) is 17.5. The number of hydrogen-bond acceptors (Lipinski definition) is 5. The number of carbonyl (C=O) groups excluding carboxylic acids is 1. The third-order valence-electron chi connectivity index (χ3n) is 3.89. The second kappa shape index (κ2) is 8.53. The third-order valence-corrected chi connectivity index (χ3v) is 3.89. The van der Waals surface area contributed by atoms with Gasteiger partial charge >= 0.3 is 0 Å². The molecule has 1 atom stereocenters. The summed E-state index contributed by atoms with van der Waals surface area (Å²) < 4.78 is 23.8. The second-order valence-electron chi connectivity index (χ2n) is 5.84. The standard InChI is InChI=1S/C18H20FN3O3/c19-14-4-1-5-16(9-14)25-12-17(23)21-10-15-6-7-20-18(22-15)13-3-2-8-24-11-13/h1,4-7,9,13H,2-3,8,10-12H2,(H,21,23)/t13-/m0/s1. The SMILES string of the molecule is O=C(COc1cccc(F)c1)NCc1ccnc([C@H]2CCCOC2)n1. The third kappa shape index (κ3) is 5.22. The fourth-order valence-electron chi connectivity index (χ4n) is 2.60. The lowest BCUT2D eigenvalue weighted by Gasteiger charge is -2.20. The molecule has 1 N–H and O–H groups in total. The molecule has 0 aliphatic carbocycles. The first kappa shape index (κ1) is 17.3. The highest BCUT2D eigenvalue weighted by Gasteiger charge is 2.18. The van der Waals surface area contributed by atoms with Crippen molar-refractivity contribution in [1.82, 2.24) is 15.3 Å². The molecule has 1 fully saturated rings. The molecule has 6 nitrogen and oxygen atoms in total. The monoisotopic (exact) mass is 345 g/mol. The van der Waals surface area contributed by atoms with Crippen LogP contribution in [0.15, 0.2) is 36.5 Å². The molecule has 1 aliphatic heterocycles. The van der Waals surface area contributed by atoms with Crippen molar-refractivity contribution in [3.05, 3.63) is 53.9 Å². The number of benzene rings is 1. The number of nitrogens with zero attached hydrogens (tertiary/aromatic N) is 2. The molecule has 1 aromatic carbocycles. The fourth-order valence-corrected chi connectivity index (χ4v) is 2.60. The summed E-state index contributed by atoms with van der Waals surface area (Å²) in [5.74, 6) is 0.573. The van der Waals surface area contributed by atoms with Crippen LogP contribution in [0.3, 0.4) is 0 Å². The van der Waals surface area contributed by atoms with Gasteiger partial charge in [-0.3, -0.25) is 4.79 Å². The molecule has 3 rings (SSSR count). The Bertz CT molecular complexity index is 720. The number of rotatable bonds is 6. The van der Waals surface area contributed by atoms with E-state index in [0.717, 1.165) is 31.0 Å². The van der Waals surface area contributed by atoms with Crippen molar-refractivity contribution >= 4 is 5.91 Å². The van der Waals surface area contributed by atoms with Crippen molar-refractivity contribution in [1.29, 1.82) is 0 Å². The Morgan fingerprint density at radius 3 is 3.12 bits per heavy atom. The molecule has 1 saturated heterocycles. The molecule has 7 heteroatoms. The minimum Gasteiger partial charge on any atom is -0.484 e. The smallest absolute Gasteiger partial charge is 0.258 e. The normalized spacial score (nSPS) is 17.1. The van der Waals surface area contributed by atoms with Crippen molar-refractivity contribution in [3.63, 3.8) is 0 Å². The van der Waals surface area contributed by atoms with Gasteiger partial charge in [0.1, 0.15) is 17.4 Å². The first-order valence-corrected chi connectivity index (χ1v) is 8.25. The zero-order valence-electron chi connectivity index (χ0n) is 13.8. The Morgan fingerprint density at radius 2 is 2.32 bits per heavy atom.